The zero-order valence-corrected chi connectivity index (χ0v) is 12.6. The minimum atomic E-state index is -0.238. The van der Waals surface area contributed by atoms with Gasteiger partial charge in [-0.05, 0) is 35.4 Å². The van der Waals surface area contributed by atoms with Crippen LogP contribution in [0.15, 0.2) is 48.5 Å². The van der Waals surface area contributed by atoms with Crippen LogP contribution in [0.1, 0.15) is 24.5 Å². The first kappa shape index (κ1) is 16.0. The normalized spacial score (nSPS) is 10.3. The summed E-state index contributed by atoms with van der Waals surface area (Å²) in [6, 6.07) is 14.1. The number of benzene rings is 2. The molecule has 0 fully saturated rings. The van der Waals surface area contributed by atoms with E-state index in [0.717, 1.165) is 16.8 Å². The molecule has 2 aromatic rings. The second-order valence-corrected chi connectivity index (χ2v) is 5.06. The van der Waals surface area contributed by atoms with E-state index in [4.69, 9.17) is 5.84 Å². The third kappa shape index (κ3) is 4.56. The van der Waals surface area contributed by atoms with Gasteiger partial charge in [0.1, 0.15) is 5.82 Å². The van der Waals surface area contributed by atoms with E-state index in [1.54, 1.807) is 13.0 Å². The first-order valence-corrected chi connectivity index (χ1v) is 7.21. The van der Waals surface area contributed by atoms with Crippen molar-refractivity contribution in [3.8, 4) is 0 Å². The van der Waals surface area contributed by atoms with Crippen molar-refractivity contribution in [2.45, 2.75) is 26.4 Å². The highest BCUT2D eigenvalue weighted by Gasteiger charge is 2.07. The van der Waals surface area contributed by atoms with Crippen molar-refractivity contribution in [3.05, 3.63) is 65.5 Å². The summed E-state index contributed by atoms with van der Waals surface area (Å²) in [6.45, 7) is 2.72. The molecule has 1 amide bonds. The van der Waals surface area contributed by atoms with Gasteiger partial charge in [-0.25, -0.2) is 10.2 Å². The molecule has 116 valence electrons. The number of carbonyl (C=O) groups excluding carboxylic acids is 1. The maximum absolute atomic E-state index is 13.1. The van der Waals surface area contributed by atoms with Crippen molar-refractivity contribution in [2.75, 3.05) is 5.32 Å². The van der Waals surface area contributed by atoms with Gasteiger partial charge >= 0.3 is 0 Å². The van der Waals surface area contributed by atoms with Crippen LogP contribution in [0.25, 0.3) is 0 Å². The van der Waals surface area contributed by atoms with Crippen LogP contribution >= 0.6 is 0 Å². The van der Waals surface area contributed by atoms with Gasteiger partial charge in [0.05, 0.1) is 6.54 Å². The standard InChI is InChI=1S/C17H20FN3O/c1-2-17(22)21(19)12-13-6-8-16(9-7-13)20-11-14-4-3-5-15(18)10-14/h3-10,20H,2,11-12,19H2,1H3. The molecule has 2 aromatic carbocycles. The number of nitrogens with one attached hydrogen (secondary N) is 1. The predicted molar refractivity (Wildman–Crippen MR) is 85.2 cm³/mol. The van der Waals surface area contributed by atoms with Crippen molar-refractivity contribution in [1.29, 1.82) is 0 Å². The van der Waals surface area contributed by atoms with Crippen LogP contribution < -0.4 is 11.2 Å². The van der Waals surface area contributed by atoms with E-state index < -0.39 is 0 Å². The molecule has 0 aromatic heterocycles. The molecule has 0 saturated heterocycles. The Hall–Kier alpha value is -2.40. The van der Waals surface area contributed by atoms with Gasteiger partial charge in [-0.15, -0.1) is 0 Å². The number of halogens is 1. The van der Waals surface area contributed by atoms with Crippen LogP contribution in [0, 0.1) is 5.82 Å². The number of nitrogens with two attached hydrogens (primary N) is 1. The fourth-order valence-electron chi connectivity index (χ4n) is 2.07. The Bertz CT molecular complexity index is 628. The lowest BCUT2D eigenvalue weighted by atomic mass is 10.2. The largest absolute Gasteiger partial charge is 0.381 e. The third-order valence-corrected chi connectivity index (χ3v) is 3.32. The molecule has 0 bridgehead atoms. The van der Waals surface area contributed by atoms with Crippen molar-refractivity contribution in [2.24, 2.45) is 5.84 Å². The van der Waals surface area contributed by atoms with Gasteiger partial charge in [-0.1, -0.05) is 31.2 Å². The Morgan fingerprint density at radius 1 is 1.18 bits per heavy atom. The van der Waals surface area contributed by atoms with E-state index in [2.05, 4.69) is 5.32 Å². The summed E-state index contributed by atoms with van der Waals surface area (Å²) in [5, 5.41) is 4.44. The Labute approximate surface area is 129 Å². The van der Waals surface area contributed by atoms with Crippen molar-refractivity contribution in [3.63, 3.8) is 0 Å². The first-order valence-electron chi connectivity index (χ1n) is 7.21. The number of carbonyl (C=O) groups is 1. The maximum atomic E-state index is 13.1. The Balaban J connectivity index is 1.90. The summed E-state index contributed by atoms with van der Waals surface area (Å²) in [5.41, 5.74) is 2.77. The van der Waals surface area contributed by atoms with E-state index in [-0.39, 0.29) is 11.7 Å². The van der Waals surface area contributed by atoms with E-state index in [1.165, 1.54) is 17.1 Å². The molecule has 2 rings (SSSR count). The summed E-state index contributed by atoms with van der Waals surface area (Å²) >= 11 is 0. The molecule has 0 spiro atoms. The lowest BCUT2D eigenvalue weighted by Gasteiger charge is -2.16. The van der Waals surface area contributed by atoms with Crippen LogP contribution in [-0.2, 0) is 17.9 Å². The zero-order chi connectivity index (χ0) is 15.9. The quantitative estimate of drug-likeness (QED) is 0.490. The minimum absolute atomic E-state index is 0.0895. The van der Waals surface area contributed by atoms with Crippen molar-refractivity contribution >= 4 is 11.6 Å². The highest BCUT2D eigenvalue weighted by Crippen LogP contribution is 2.13. The molecule has 0 aliphatic carbocycles. The molecular weight excluding hydrogens is 281 g/mol. The fraction of sp³-hybridized carbons (Fsp3) is 0.235. The number of anilines is 1. The molecule has 5 heteroatoms. The van der Waals surface area contributed by atoms with E-state index in [1.807, 2.05) is 30.3 Å². The van der Waals surface area contributed by atoms with Gasteiger partial charge in [0.15, 0.2) is 0 Å². The van der Waals surface area contributed by atoms with Gasteiger partial charge in [0.2, 0.25) is 5.91 Å². The number of nitrogens with zero attached hydrogens (tertiary/aromatic N) is 1. The highest BCUT2D eigenvalue weighted by atomic mass is 19.1. The van der Waals surface area contributed by atoms with E-state index >= 15 is 0 Å². The topological polar surface area (TPSA) is 58.4 Å². The number of hydrazine groups is 1. The molecule has 22 heavy (non-hydrogen) atoms. The Kier molecular flexibility index (Phi) is 5.49. The Morgan fingerprint density at radius 3 is 2.55 bits per heavy atom. The number of hydrogen-bond donors (Lipinski definition) is 2. The highest BCUT2D eigenvalue weighted by molar-refractivity contribution is 5.75. The molecule has 0 aliphatic rings. The molecule has 0 aliphatic heterocycles. The third-order valence-electron chi connectivity index (χ3n) is 3.32. The summed E-state index contributed by atoms with van der Waals surface area (Å²) in [6.07, 6.45) is 0.393. The van der Waals surface area contributed by atoms with Gasteiger partial charge in [-0.3, -0.25) is 9.80 Å². The van der Waals surface area contributed by atoms with Crippen LogP contribution in [0.3, 0.4) is 0 Å². The average Bonchev–Trinajstić information content (AvgIpc) is 2.53. The van der Waals surface area contributed by atoms with E-state index in [9.17, 15) is 9.18 Å². The molecule has 0 unspecified atom stereocenters. The molecule has 3 N–H and O–H groups in total. The van der Waals surface area contributed by atoms with Crippen LogP contribution in [0.5, 0.6) is 0 Å². The number of amides is 1. The molecular formula is C17H20FN3O. The smallest absolute Gasteiger partial charge is 0.236 e. The van der Waals surface area contributed by atoms with Crippen molar-refractivity contribution < 1.29 is 9.18 Å². The lowest BCUT2D eigenvalue weighted by molar-refractivity contribution is -0.131. The second kappa shape index (κ2) is 7.56. The van der Waals surface area contributed by atoms with Gasteiger partial charge in [0, 0.05) is 18.7 Å². The SMILES string of the molecule is CCC(=O)N(N)Cc1ccc(NCc2cccc(F)c2)cc1. The minimum Gasteiger partial charge on any atom is -0.381 e. The molecule has 4 nitrogen and oxygen atoms in total. The lowest BCUT2D eigenvalue weighted by Crippen LogP contribution is -2.36. The molecule has 0 saturated carbocycles. The van der Waals surface area contributed by atoms with Gasteiger partial charge in [0.25, 0.3) is 0 Å². The maximum Gasteiger partial charge on any atom is 0.236 e. The Morgan fingerprint density at radius 2 is 1.91 bits per heavy atom. The van der Waals surface area contributed by atoms with E-state index in [0.29, 0.717) is 19.5 Å². The first-order chi connectivity index (χ1) is 10.6. The fourth-order valence-corrected chi connectivity index (χ4v) is 2.07. The molecule has 0 atom stereocenters. The predicted octanol–water partition coefficient (Wildman–Crippen LogP) is 3.05. The molecule has 0 heterocycles. The monoisotopic (exact) mass is 301 g/mol. The molecule has 0 radical (unpaired) electrons. The van der Waals surface area contributed by atoms with Crippen LogP contribution in [0.2, 0.25) is 0 Å². The second-order valence-electron chi connectivity index (χ2n) is 5.06. The summed E-state index contributed by atoms with van der Waals surface area (Å²) in [5.74, 6) is 5.35. The average molecular weight is 301 g/mol. The van der Waals surface area contributed by atoms with Gasteiger partial charge in [-0.2, -0.15) is 0 Å². The number of rotatable bonds is 6. The zero-order valence-electron chi connectivity index (χ0n) is 12.6. The summed E-state index contributed by atoms with van der Waals surface area (Å²) < 4.78 is 13.1. The van der Waals surface area contributed by atoms with Crippen molar-refractivity contribution in [1.82, 2.24) is 5.01 Å². The van der Waals surface area contributed by atoms with Crippen LogP contribution in [0.4, 0.5) is 10.1 Å². The summed E-state index contributed by atoms with van der Waals surface area (Å²) in [4.78, 5) is 11.4. The summed E-state index contributed by atoms with van der Waals surface area (Å²) in [7, 11) is 0. The number of hydrogen-bond acceptors (Lipinski definition) is 3. The van der Waals surface area contributed by atoms with Gasteiger partial charge < -0.3 is 5.32 Å². The van der Waals surface area contributed by atoms with Crippen LogP contribution in [-0.4, -0.2) is 10.9 Å².